The van der Waals surface area contributed by atoms with Crippen molar-refractivity contribution >= 4 is 33.2 Å². The van der Waals surface area contributed by atoms with Gasteiger partial charge in [0.25, 0.3) is 15.9 Å². The molecule has 156 valence electrons. The van der Waals surface area contributed by atoms with E-state index in [2.05, 4.69) is 0 Å². The van der Waals surface area contributed by atoms with E-state index in [1.165, 1.54) is 54.4 Å². The van der Waals surface area contributed by atoms with Gasteiger partial charge in [-0.1, -0.05) is 41.9 Å². The van der Waals surface area contributed by atoms with Crippen LogP contribution in [0.25, 0.3) is 0 Å². The summed E-state index contributed by atoms with van der Waals surface area (Å²) >= 11 is 6.31. The molecular weight excluding hydrogens is 427 g/mol. The summed E-state index contributed by atoms with van der Waals surface area (Å²) < 4.78 is 40.0. The van der Waals surface area contributed by atoms with Crippen molar-refractivity contribution in [3.63, 3.8) is 0 Å². The normalized spacial score (nSPS) is 11.2. The Bertz CT molecular complexity index is 1170. The van der Waals surface area contributed by atoms with Crippen LogP contribution in [0.3, 0.4) is 0 Å². The summed E-state index contributed by atoms with van der Waals surface area (Å²) in [6.45, 7) is 0.205. The first-order valence-corrected chi connectivity index (χ1v) is 10.9. The molecule has 0 heterocycles. The number of hydrogen-bond donors (Lipinski definition) is 0. The standard InChI is InChI=1S/C22H20ClFN2O3S/c1-25(15-16-7-6-8-17(24)13-16)22(27)20-12-11-18(14-21(20)23)26(2)30(28,29)19-9-4-3-5-10-19/h3-14H,15H2,1-2H3. The smallest absolute Gasteiger partial charge is 0.264 e. The number of benzene rings is 3. The minimum Gasteiger partial charge on any atom is -0.337 e. The van der Waals surface area contributed by atoms with Crippen molar-refractivity contribution in [3.8, 4) is 0 Å². The number of rotatable bonds is 6. The fourth-order valence-electron chi connectivity index (χ4n) is 2.95. The highest BCUT2D eigenvalue weighted by Crippen LogP contribution is 2.28. The Balaban J connectivity index is 1.81. The highest BCUT2D eigenvalue weighted by molar-refractivity contribution is 7.92. The van der Waals surface area contributed by atoms with Gasteiger partial charge in [0.1, 0.15) is 5.82 Å². The van der Waals surface area contributed by atoms with Crippen LogP contribution in [0, 0.1) is 5.82 Å². The van der Waals surface area contributed by atoms with Crippen LogP contribution in [-0.4, -0.2) is 33.3 Å². The Morgan fingerprint density at radius 3 is 2.30 bits per heavy atom. The molecule has 3 aromatic rings. The fraction of sp³-hybridized carbons (Fsp3) is 0.136. The Labute approximate surface area is 180 Å². The summed E-state index contributed by atoms with van der Waals surface area (Å²) in [5.41, 5.74) is 1.20. The van der Waals surface area contributed by atoms with Crippen molar-refractivity contribution in [2.45, 2.75) is 11.4 Å². The number of halogens is 2. The minimum atomic E-state index is -3.76. The van der Waals surface area contributed by atoms with Gasteiger partial charge in [-0.3, -0.25) is 9.10 Å². The first-order valence-electron chi connectivity index (χ1n) is 9.03. The molecule has 0 aliphatic rings. The quantitative estimate of drug-likeness (QED) is 0.557. The summed E-state index contributed by atoms with van der Waals surface area (Å²) in [5.74, 6) is -0.734. The molecule has 3 rings (SSSR count). The second-order valence-electron chi connectivity index (χ2n) is 6.74. The number of anilines is 1. The molecular formula is C22H20ClFN2O3S. The molecule has 0 aliphatic carbocycles. The van der Waals surface area contributed by atoms with Crippen LogP contribution in [0.5, 0.6) is 0 Å². The largest absolute Gasteiger partial charge is 0.337 e. The average molecular weight is 447 g/mol. The van der Waals surface area contributed by atoms with Gasteiger partial charge >= 0.3 is 0 Å². The first-order chi connectivity index (χ1) is 14.2. The number of carbonyl (C=O) groups is 1. The molecule has 0 bridgehead atoms. The van der Waals surface area contributed by atoms with Crippen molar-refractivity contribution < 1.29 is 17.6 Å². The number of nitrogens with zero attached hydrogens (tertiary/aromatic N) is 2. The lowest BCUT2D eigenvalue weighted by molar-refractivity contribution is 0.0785. The molecule has 0 N–H and O–H groups in total. The van der Waals surface area contributed by atoms with E-state index in [1.54, 1.807) is 37.4 Å². The lowest BCUT2D eigenvalue weighted by Gasteiger charge is -2.22. The highest BCUT2D eigenvalue weighted by atomic mass is 35.5. The van der Waals surface area contributed by atoms with Crippen LogP contribution in [0.2, 0.25) is 5.02 Å². The van der Waals surface area contributed by atoms with Crippen LogP contribution in [0.15, 0.2) is 77.7 Å². The molecule has 5 nitrogen and oxygen atoms in total. The molecule has 0 unspecified atom stereocenters. The van der Waals surface area contributed by atoms with Gasteiger partial charge < -0.3 is 4.90 Å². The molecule has 0 atom stereocenters. The molecule has 0 saturated carbocycles. The van der Waals surface area contributed by atoms with E-state index in [-0.39, 0.29) is 33.8 Å². The Morgan fingerprint density at radius 2 is 1.67 bits per heavy atom. The summed E-state index contributed by atoms with van der Waals surface area (Å²) in [6, 6.07) is 18.5. The van der Waals surface area contributed by atoms with E-state index < -0.39 is 10.0 Å². The third kappa shape index (κ3) is 4.63. The molecule has 0 spiro atoms. The van der Waals surface area contributed by atoms with Crippen LogP contribution >= 0.6 is 11.6 Å². The van der Waals surface area contributed by atoms with E-state index >= 15 is 0 Å². The van der Waals surface area contributed by atoms with Gasteiger partial charge in [-0.05, 0) is 48.0 Å². The zero-order valence-corrected chi connectivity index (χ0v) is 18.0. The average Bonchev–Trinajstić information content (AvgIpc) is 2.73. The maximum Gasteiger partial charge on any atom is 0.264 e. The van der Waals surface area contributed by atoms with E-state index in [1.807, 2.05) is 0 Å². The zero-order valence-electron chi connectivity index (χ0n) is 16.4. The lowest BCUT2D eigenvalue weighted by Crippen LogP contribution is -2.28. The fourth-order valence-corrected chi connectivity index (χ4v) is 4.41. The first kappa shape index (κ1) is 21.8. The highest BCUT2D eigenvalue weighted by Gasteiger charge is 2.23. The number of sulfonamides is 1. The molecule has 3 aromatic carbocycles. The molecule has 8 heteroatoms. The number of hydrogen-bond acceptors (Lipinski definition) is 3. The zero-order chi connectivity index (χ0) is 21.9. The van der Waals surface area contributed by atoms with Crippen molar-refractivity contribution in [1.29, 1.82) is 0 Å². The molecule has 0 saturated heterocycles. The predicted molar refractivity (Wildman–Crippen MR) is 116 cm³/mol. The summed E-state index contributed by atoms with van der Waals surface area (Å²) in [5, 5.41) is 0.124. The molecule has 30 heavy (non-hydrogen) atoms. The van der Waals surface area contributed by atoms with Gasteiger partial charge in [0, 0.05) is 20.6 Å². The van der Waals surface area contributed by atoms with Crippen molar-refractivity contribution in [1.82, 2.24) is 4.90 Å². The van der Waals surface area contributed by atoms with Crippen molar-refractivity contribution in [3.05, 3.63) is 94.8 Å². The molecule has 0 fully saturated rings. The number of amides is 1. The van der Waals surface area contributed by atoms with Crippen LogP contribution < -0.4 is 4.31 Å². The Morgan fingerprint density at radius 1 is 0.967 bits per heavy atom. The van der Waals surface area contributed by atoms with E-state index in [4.69, 9.17) is 11.6 Å². The molecule has 1 amide bonds. The van der Waals surface area contributed by atoms with Gasteiger partial charge in [-0.25, -0.2) is 12.8 Å². The maximum absolute atomic E-state index is 13.4. The van der Waals surface area contributed by atoms with Gasteiger partial charge in [0.2, 0.25) is 0 Å². The van der Waals surface area contributed by atoms with E-state index in [0.717, 1.165) is 4.31 Å². The Kier molecular flexibility index (Phi) is 6.43. The molecule has 0 radical (unpaired) electrons. The second-order valence-corrected chi connectivity index (χ2v) is 9.12. The predicted octanol–water partition coefficient (Wildman–Crippen LogP) is 4.58. The van der Waals surface area contributed by atoms with Crippen molar-refractivity contribution in [2.24, 2.45) is 0 Å². The third-order valence-corrected chi connectivity index (χ3v) is 6.72. The summed E-state index contributed by atoms with van der Waals surface area (Å²) in [4.78, 5) is 14.3. The topological polar surface area (TPSA) is 57.7 Å². The second kappa shape index (κ2) is 8.85. The summed E-state index contributed by atoms with van der Waals surface area (Å²) in [7, 11) is -0.750. The van der Waals surface area contributed by atoms with Gasteiger partial charge in [0.15, 0.2) is 0 Å². The lowest BCUT2D eigenvalue weighted by atomic mass is 10.1. The van der Waals surface area contributed by atoms with Gasteiger partial charge in [-0.2, -0.15) is 0 Å². The van der Waals surface area contributed by atoms with Crippen molar-refractivity contribution in [2.75, 3.05) is 18.4 Å². The van der Waals surface area contributed by atoms with Crippen LogP contribution in [0.4, 0.5) is 10.1 Å². The maximum atomic E-state index is 13.4. The van der Waals surface area contributed by atoms with Gasteiger partial charge in [-0.15, -0.1) is 0 Å². The molecule has 0 aromatic heterocycles. The Hall–Kier alpha value is -2.90. The number of carbonyl (C=O) groups excluding carboxylic acids is 1. The van der Waals surface area contributed by atoms with Gasteiger partial charge in [0.05, 0.1) is 21.2 Å². The van der Waals surface area contributed by atoms with E-state index in [9.17, 15) is 17.6 Å². The minimum absolute atomic E-state index is 0.124. The van der Waals surface area contributed by atoms with Crippen LogP contribution in [0.1, 0.15) is 15.9 Å². The monoisotopic (exact) mass is 446 g/mol. The third-order valence-electron chi connectivity index (χ3n) is 4.60. The molecule has 0 aliphatic heterocycles. The SMILES string of the molecule is CN(Cc1cccc(F)c1)C(=O)c1ccc(N(C)S(=O)(=O)c2ccccc2)cc1Cl. The van der Waals surface area contributed by atoms with E-state index in [0.29, 0.717) is 11.3 Å². The summed E-state index contributed by atoms with van der Waals surface area (Å²) in [6.07, 6.45) is 0. The van der Waals surface area contributed by atoms with Crippen LogP contribution in [-0.2, 0) is 16.6 Å².